The molecule has 2 N–H and O–H groups in total. The van der Waals surface area contributed by atoms with Crippen molar-refractivity contribution in [2.24, 2.45) is 0 Å². The molecule has 0 aromatic carbocycles. The molecule has 0 aliphatic heterocycles. The molecular formula is C12H14N4O3. The number of esters is 1. The number of aromatic nitrogens is 1. The van der Waals surface area contributed by atoms with Crippen LogP contribution in [0.3, 0.4) is 0 Å². The van der Waals surface area contributed by atoms with Gasteiger partial charge in [0.15, 0.2) is 5.82 Å². The van der Waals surface area contributed by atoms with Gasteiger partial charge in [0.2, 0.25) is 0 Å². The number of ether oxygens (including phenoxy) is 1. The summed E-state index contributed by atoms with van der Waals surface area (Å²) >= 11 is 0. The number of pyridine rings is 1. The van der Waals surface area contributed by atoms with E-state index in [1.165, 1.54) is 13.2 Å². The first-order valence-corrected chi connectivity index (χ1v) is 5.58. The standard InChI is InChI=1S/C12H14N4O3/c1-4-14-12(18)16-10-9(6-13)8(11(17)19-3)5-7(2)15-10/h5H,4H2,1-3H3,(H2,14,15,16,18). The van der Waals surface area contributed by atoms with Gasteiger partial charge in [-0.15, -0.1) is 0 Å². The number of urea groups is 1. The van der Waals surface area contributed by atoms with Crippen LogP contribution in [0, 0.1) is 18.3 Å². The Kier molecular flexibility index (Phi) is 4.83. The van der Waals surface area contributed by atoms with Gasteiger partial charge in [-0.05, 0) is 19.9 Å². The van der Waals surface area contributed by atoms with Crippen LogP contribution < -0.4 is 10.6 Å². The van der Waals surface area contributed by atoms with E-state index in [1.807, 2.05) is 6.07 Å². The predicted molar refractivity (Wildman–Crippen MR) is 67.7 cm³/mol. The summed E-state index contributed by atoms with van der Waals surface area (Å²) in [7, 11) is 1.22. The van der Waals surface area contributed by atoms with Gasteiger partial charge < -0.3 is 10.1 Å². The number of nitrogens with zero attached hydrogens (tertiary/aromatic N) is 2. The van der Waals surface area contributed by atoms with Crippen molar-refractivity contribution in [1.82, 2.24) is 10.3 Å². The van der Waals surface area contributed by atoms with Gasteiger partial charge in [0.1, 0.15) is 11.6 Å². The van der Waals surface area contributed by atoms with Crippen molar-refractivity contribution in [2.75, 3.05) is 19.0 Å². The predicted octanol–water partition coefficient (Wildman–Crippen LogP) is 1.19. The van der Waals surface area contributed by atoms with Gasteiger partial charge in [0.25, 0.3) is 0 Å². The third-order valence-corrected chi connectivity index (χ3v) is 2.23. The number of methoxy groups -OCH3 is 1. The molecule has 1 rings (SSSR count). The Balaban J connectivity index is 3.24. The quantitative estimate of drug-likeness (QED) is 0.796. The highest BCUT2D eigenvalue weighted by atomic mass is 16.5. The van der Waals surface area contributed by atoms with E-state index in [4.69, 9.17) is 5.26 Å². The number of amides is 2. The van der Waals surface area contributed by atoms with Crippen molar-refractivity contribution in [3.63, 3.8) is 0 Å². The summed E-state index contributed by atoms with van der Waals surface area (Å²) in [6.45, 7) is 3.84. The number of carbonyl (C=O) groups excluding carboxylic acids is 2. The van der Waals surface area contributed by atoms with E-state index in [0.717, 1.165) is 0 Å². The number of carbonyl (C=O) groups is 2. The monoisotopic (exact) mass is 262 g/mol. The maximum absolute atomic E-state index is 11.6. The van der Waals surface area contributed by atoms with E-state index in [1.54, 1.807) is 13.8 Å². The zero-order valence-corrected chi connectivity index (χ0v) is 10.9. The number of nitriles is 1. The summed E-state index contributed by atoms with van der Waals surface area (Å²) in [6, 6.07) is 2.79. The second kappa shape index (κ2) is 6.35. The molecule has 0 spiro atoms. The van der Waals surface area contributed by atoms with E-state index in [9.17, 15) is 9.59 Å². The minimum atomic E-state index is -0.652. The average molecular weight is 262 g/mol. The molecule has 0 saturated carbocycles. The molecule has 7 heteroatoms. The van der Waals surface area contributed by atoms with Crippen LogP contribution in [-0.4, -0.2) is 30.6 Å². The van der Waals surface area contributed by atoms with Crippen LogP contribution >= 0.6 is 0 Å². The Hall–Kier alpha value is -2.62. The molecule has 0 aliphatic rings. The average Bonchev–Trinajstić information content (AvgIpc) is 2.37. The minimum absolute atomic E-state index is 0.0243. The number of aryl methyl sites for hydroxylation is 1. The lowest BCUT2D eigenvalue weighted by molar-refractivity contribution is 0.0600. The lowest BCUT2D eigenvalue weighted by Gasteiger charge is -2.10. The van der Waals surface area contributed by atoms with Crippen molar-refractivity contribution in [1.29, 1.82) is 5.26 Å². The third kappa shape index (κ3) is 3.42. The van der Waals surface area contributed by atoms with Gasteiger partial charge in [-0.1, -0.05) is 0 Å². The molecule has 0 atom stereocenters. The topological polar surface area (TPSA) is 104 Å². The van der Waals surface area contributed by atoms with Crippen molar-refractivity contribution >= 4 is 17.8 Å². The second-order valence-electron chi connectivity index (χ2n) is 3.62. The fraction of sp³-hybridized carbons (Fsp3) is 0.333. The number of nitrogens with one attached hydrogen (secondary N) is 2. The molecule has 0 unspecified atom stereocenters. The van der Waals surface area contributed by atoms with E-state index in [2.05, 4.69) is 20.4 Å². The first-order valence-electron chi connectivity index (χ1n) is 5.58. The summed E-state index contributed by atoms with van der Waals surface area (Å²) < 4.78 is 4.60. The Morgan fingerprint density at radius 2 is 2.21 bits per heavy atom. The van der Waals surface area contributed by atoms with Crippen molar-refractivity contribution in [2.45, 2.75) is 13.8 Å². The fourth-order valence-corrected chi connectivity index (χ4v) is 1.46. The van der Waals surface area contributed by atoms with E-state index >= 15 is 0 Å². The van der Waals surface area contributed by atoms with Crippen LogP contribution in [0.4, 0.5) is 10.6 Å². The van der Waals surface area contributed by atoms with Gasteiger partial charge >= 0.3 is 12.0 Å². The highest BCUT2D eigenvalue weighted by Gasteiger charge is 2.19. The molecular weight excluding hydrogens is 248 g/mol. The molecule has 1 aromatic rings. The number of hydrogen-bond donors (Lipinski definition) is 2. The van der Waals surface area contributed by atoms with Crippen LogP contribution in [0.2, 0.25) is 0 Å². The van der Waals surface area contributed by atoms with Gasteiger partial charge in [0, 0.05) is 12.2 Å². The zero-order valence-electron chi connectivity index (χ0n) is 10.9. The maximum Gasteiger partial charge on any atom is 0.339 e. The molecule has 0 saturated heterocycles. The number of anilines is 1. The van der Waals surface area contributed by atoms with Gasteiger partial charge in [-0.2, -0.15) is 5.26 Å². The summed E-state index contributed by atoms with van der Waals surface area (Å²) in [5.41, 5.74) is 0.541. The maximum atomic E-state index is 11.6. The summed E-state index contributed by atoms with van der Waals surface area (Å²) in [5, 5.41) is 14.1. The van der Waals surface area contributed by atoms with E-state index in [-0.39, 0.29) is 16.9 Å². The highest BCUT2D eigenvalue weighted by molar-refractivity contribution is 5.96. The molecule has 7 nitrogen and oxygen atoms in total. The van der Waals surface area contributed by atoms with Crippen LogP contribution in [0.5, 0.6) is 0 Å². The van der Waals surface area contributed by atoms with Crippen LogP contribution in [0.1, 0.15) is 28.5 Å². The highest BCUT2D eigenvalue weighted by Crippen LogP contribution is 2.19. The van der Waals surface area contributed by atoms with Crippen LogP contribution in [0.25, 0.3) is 0 Å². The normalized spacial score (nSPS) is 9.37. The number of hydrogen-bond acceptors (Lipinski definition) is 5. The zero-order chi connectivity index (χ0) is 14.4. The molecule has 1 aromatic heterocycles. The molecule has 0 aliphatic carbocycles. The largest absolute Gasteiger partial charge is 0.465 e. The van der Waals surface area contributed by atoms with Crippen LogP contribution in [0.15, 0.2) is 6.07 Å². The second-order valence-corrected chi connectivity index (χ2v) is 3.62. The van der Waals surface area contributed by atoms with Gasteiger partial charge in [-0.3, -0.25) is 5.32 Å². The lowest BCUT2D eigenvalue weighted by Crippen LogP contribution is -2.29. The summed E-state index contributed by atoms with van der Waals surface area (Å²) in [4.78, 5) is 27.1. The van der Waals surface area contributed by atoms with Gasteiger partial charge in [0.05, 0.1) is 12.7 Å². The smallest absolute Gasteiger partial charge is 0.339 e. The Morgan fingerprint density at radius 3 is 2.74 bits per heavy atom. The Morgan fingerprint density at radius 1 is 1.53 bits per heavy atom. The Bertz CT molecular complexity index is 549. The van der Waals surface area contributed by atoms with Crippen molar-refractivity contribution in [3.8, 4) is 6.07 Å². The Labute approximate surface area is 110 Å². The SMILES string of the molecule is CCNC(=O)Nc1nc(C)cc(C(=O)OC)c1C#N. The van der Waals surface area contributed by atoms with Gasteiger partial charge in [-0.25, -0.2) is 14.6 Å². The molecule has 0 bridgehead atoms. The minimum Gasteiger partial charge on any atom is -0.465 e. The summed E-state index contributed by atoms with van der Waals surface area (Å²) in [5.74, 6) is -0.616. The molecule has 100 valence electrons. The molecule has 1 heterocycles. The van der Waals surface area contributed by atoms with E-state index in [0.29, 0.717) is 12.2 Å². The summed E-state index contributed by atoms with van der Waals surface area (Å²) in [6.07, 6.45) is 0. The lowest BCUT2D eigenvalue weighted by atomic mass is 10.1. The van der Waals surface area contributed by atoms with E-state index < -0.39 is 12.0 Å². The first kappa shape index (κ1) is 14.4. The molecule has 19 heavy (non-hydrogen) atoms. The van der Waals surface area contributed by atoms with Crippen molar-refractivity contribution in [3.05, 3.63) is 22.9 Å². The first-order chi connectivity index (χ1) is 9.03. The molecule has 0 radical (unpaired) electrons. The molecule has 0 fully saturated rings. The third-order valence-electron chi connectivity index (χ3n) is 2.23. The molecule has 2 amide bonds. The van der Waals surface area contributed by atoms with Crippen LogP contribution in [-0.2, 0) is 4.74 Å². The van der Waals surface area contributed by atoms with Crippen molar-refractivity contribution < 1.29 is 14.3 Å². The number of rotatable bonds is 3. The fourth-order valence-electron chi connectivity index (χ4n) is 1.46.